The molecule has 82 valence electrons. The Balaban J connectivity index is 2.61. The van der Waals surface area contributed by atoms with Crippen LogP contribution in [0.5, 0.6) is 0 Å². The van der Waals surface area contributed by atoms with Gasteiger partial charge >= 0.3 is 0 Å². The predicted octanol–water partition coefficient (Wildman–Crippen LogP) is 2.25. The molecule has 5 heteroatoms. The van der Waals surface area contributed by atoms with Gasteiger partial charge in [0, 0.05) is 23.7 Å². The van der Waals surface area contributed by atoms with Crippen molar-refractivity contribution < 1.29 is 4.79 Å². The van der Waals surface area contributed by atoms with E-state index in [9.17, 15) is 4.79 Å². The number of nitrogens with one attached hydrogen (secondary N) is 1. The number of hydrogen-bond acceptors (Lipinski definition) is 2. The van der Waals surface area contributed by atoms with E-state index in [1.165, 1.54) is 0 Å². The average molecular weight is 280 g/mol. The topological polar surface area (TPSA) is 71.8 Å². The Labute approximate surface area is 101 Å². The number of aryl methyl sites for hydroxylation is 1. The summed E-state index contributed by atoms with van der Waals surface area (Å²) >= 11 is 3.38. The smallest absolute Gasteiger partial charge is 0.251 e. The Hall–Kier alpha value is -1.62. The van der Waals surface area contributed by atoms with Crippen LogP contribution in [0.4, 0.5) is 0 Å². The van der Waals surface area contributed by atoms with Crippen molar-refractivity contribution in [1.29, 1.82) is 0 Å². The van der Waals surface area contributed by atoms with E-state index in [0.717, 1.165) is 17.0 Å². The van der Waals surface area contributed by atoms with Crippen LogP contribution in [0.2, 0.25) is 0 Å². The minimum atomic E-state index is -0.448. The standard InChI is InChI=1S/C11H10BrN3O/c1-6-8(11(13)16)9(12)10(15-6)7-3-2-4-14-5-7/h2-5,15H,1H3,(H2,13,16). The highest BCUT2D eigenvalue weighted by Gasteiger charge is 2.17. The summed E-state index contributed by atoms with van der Waals surface area (Å²) in [7, 11) is 0. The Kier molecular flexibility index (Phi) is 2.78. The largest absolute Gasteiger partial charge is 0.366 e. The summed E-state index contributed by atoms with van der Waals surface area (Å²) in [5.74, 6) is -0.448. The molecule has 0 aliphatic heterocycles. The number of pyridine rings is 1. The molecule has 3 N–H and O–H groups in total. The van der Waals surface area contributed by atoms with Gasteiger partial charge in [0.25, 0.3) is 5.91 Å². The molecule has 2 aromatic rings. The summed E-state index contributed by atoms with van der Waals surface area (Å²) in [6, 6.07) is 3.75. The molecule has 0 saturated heterocycles. The Bertz CT molecular complexity index is 534. The maximum atomic E-state index is 11.2. The van der Waals surface area contributed by atoms with Crippen LogP contribution < -0.4 is 5.73 Å². The average Bonchev–Trinajstić information content (AvgIpc) is 2.55. The number of nitrogens with zero attached hydrogens (tertiary/aromatic N) is 1. The number of primary amides is 1. The van der Waals surface area contributed by atoms with Gasteiger partial charge in [0.2, 0.25) is 0 Å². The van der Waals surface area contributed by atoms with E-state index in [1.54, 1.807) is 12.4 Å². The highest BCUT2D eigenvalue weighted by atomic mass is 79.9. The maximum absolute atomic E-state index is 11.2. The molecule has 16 heavy (non-hydrogen) atoms. The third kappa shape index (κ3) is 1.74. The zero-order valence-electron chi connectivity index (χ0n) is 8.62. The number of hydrogen-bond donors (Lipinski definition) is 2. The van der Waals surface area contributed by atoms with Gasteiger partial charge in [0.15, 0.2) is 0 Å². The molecule has 0 aromatic carbocycles. The Morgan fingerprint density at radius 3 is 2.81 bits per heavy atom. The van der Waals surface area contributed by atoms with Crippen molar-refractivity contribution in [3.8, 4) is 11.3 Å². The van der Waals surface area contributed by atoms with Gasteiger partial charge in [-0.25, -0.2) is 0 Å². The van der Waals surface area contributed by atoms with Gasteiger partial charge in [-0.3, -0.25) is 9.78 Å². The second-order valence-corrected chi connectivity index (χ2v) is 4.21. The van der Waals surface area contributed by atoms with Crippen molar-refractivity contribution in [2.45, 2.75) is 6.92 Å². The molecule has 1 amide bonds. The molecular weight excluding hydrogens is 270 g/mol. The summed E-state index contributed by atoms with van der Waals surface area (Å²) in [6.07, 6.45) is 3.42. The van der Waals surface area contributed by atoms with Crippen LogP contribution in [0.15, 0.2) is 29.0 Å². The molecule has 0 bridgehead atoms. The second kappa shape index (κ2) is 4.09. The molecule has 0 aliphatic carbocycles. The van der Waals surface area contributed by atoms with Gasteiger partial charge in [-0.15, -0.1) is 0 Å². The number of rotatable bonds is 2. The third-order valence-electron chi connectivity index (χ3n) is 2.32. The number of amides is 1. The molecule has 0 unspecified atom stereocenters. The third-order valence-corrected chi connectivity index (χ3v) is 3.12. The number of carbonyl (C=O) groups is 1. The van der Waals surface area contributed by atoms with E-state index in [0.29, 0.717) is 10.0 Å². The molecule has 4 nitrogen and oxygen atoms in total. The van der Waals surface area contributed by atoms with E-state index in [-0.39, 0.29) is 0 Å². The number of H-pyrrole nitrogens is 1. The zero-order valence-corrected chi connectivity index (χ0v) is 10.2. The Morgan fingerprint density at radius 2 is 2.31 bits per heavy atom. The normalized spacial score (nSPS) is 10.4. The summed E-state index contributed by atoms with van der Waals surface area (Å²) in [4.78, 5) is 18.4. The number of nitrogens with two attached hydrogens (primary N) is 1. The van der Waals surface area contributed by atoms with Gasteiger partial charge in [-0.05, 0) is 35.0 Å². The summed E-state index contributed by atoms with van der Waals surface area (Å²) in [5, 5.41) is 0. The Morgan fingerprint density at radius 1 is 1.56 bits per heavy atom. The fourth-order valence-electron chi connectivity index (χ4n) is 1.60. The summed E-state index contributed by atoms with van der Waals surface area (Å²) in [5.41, 5.74) is 8.26. The van der Waals surface area contributed by atoms with Gasteiger partial charge in [0.1, 0.15) is 0 Å². The van der Waals surface area contributed by atoms with Crippen LogP contribution in [0.3, 0.4) is 0 Å². The van der Waals surface area contributed by atoms with Crippen LogP contribution in [0, 0.1) is 6.92 Å². The number of halogens is 1. The van der Waals surface area contributed by atoms with Crippen LogP contribution >= 0.6 is 15.9 Å². The maximum Gasteiger partial charge on any atom is 0.251 e. The van der Waals surface area contributed by atoms with Crippen LogP contribution in [0.25, 0.3) is 11.3 Å². The SMILES string of the molecule is Cc1[nH]c(-c2cccnc2)c(Br)c1C(N)=O. The lowest BCUT2D eigenvalue weighted by Gasteiger charge is -1.98. The fourth-order valence-corrected chi connectivity index (χ4v) is 2.42. The number of aromatic amines is 1. The van der Waals surface area contributed by atoms with Gasteiger partial charge in [-0.2, -0.15) is 0 Å². The lowest BCUT2D eigenvalue weighted by molar-refractivity contribution is 0.0999. The minimum Gasteiger partial charge on any atom is -0.366 e. The second-order valence-electron chi connectivity index (χ2n) is 3.42. The lowest BCUT2D eigenvalue weighted by atomic mass is 10.2. The molecule has 0 aliphatic rings. The zero-order chi connectivity index (χ0) is 11.7. The van der Waals surface area contributed by atoms with Gasteiger partial charge < -0.3 is 10.7 Å². The van der Waals surface area contributed by atoms with Crippen LogP contribution in [0.1, 0.15) is 16.1 Å². The monoisotopic (exact) mass is 279 g/mol. The quantitative estimate of drug-likeness (QED) is 0.885. The highest BCUT2D eigenvalue weighted by Crippen LogP contribution is 2.31. The number of carbonyl (C=O) groups excluding carboxylic acids is 1. The van der Waals surface area contributed by atoms with E-state index >= 15 is 0 Å². The first-order valence-corrected chi connectivity index (χ1v) is 5.49. The molecular formula is C11H10BrN3O. The van der Waals surface area contributed by atoms with E-state index < -0.39 is 5.91 Å². The predicted molar refractivity (Wildman–Crippen MR) is 65.0 cm³/mol. The first kappa shape index (κ1) is 10.9. The van der Waals surface area contributed by atoms with Crippen molar-refractivity contribution in [2.75, 3.05) is 0 Å². The van der Waals surface area contributed by atoms with Crippen LogP contribution in [-0.2, 0) is 0 Å². The molecule has 0 atom stereocenters. The lowest BCUT2D eigenvalue weighted by Crippen LogP contribution is -2.11. The first-order valence-electron chi connectivity index (χ1n) is 4.69. The molecule has 2 rings (SSSR count). The minimum absolute atomic E-state index is 0.448. The molecule has 2 heterocycles. The van der Waals surface area contributed by atoms with E-state index in [1.807, 2.05) is 19.1 Å². The molecule has 0 fully saturated rings. The van der Waals surface area contributed by atoms with Crippen molar-refractivity contribution in [2.24, 2.45) is 5.73 Å². The molecule has 2 aromatic heterocycles. The molecule has 0 radical (unpaired) electrons. The van der Waals surface area contributed by atoms with Crippen molar-refractivity contribution in [3.63, 3.8) is 0 Å². The molecule has 0 spiro atoms. The van der Waals surface area contributed by atoms with E-state index in [2.05, 4.69) is 25.9 Å². The van der Waals surface area contributed by atoms with Crippen LogP contribution in [-0.4, -0.2) is 15.9 Å². The first-order chi connectivity index (χ1) is 7.61. The summed E-state index contributed by atoms with van der Waals surface area (Å²) in [6.45, 7) is 1.81. The molecule has 0 saturated carbocycles. The highest BCUT2D eigenvalue weighted by molar-refractivity contribution is 9.10. The number of aromatic nitrogens is 2. The van der Waals surface area contributed by atoms with Crippen molar-refractivity contribution >= 4 is 21.8 Å². The van der Waals surface area contributed by atoms with Gasteiger partial charge in [0.05, 0.1) is 15.7 Å². The fraction of sp³-hybridized carbons (Fsp3) is 0.0909. The van der Waals surface area contributed by atoms with Crippen molar-refractivity contribution in [1.82, 2.24) is 9.97 Å². The van der Waals surface area contributed by atoms with E-state index in [4.69, 9.17) is 5.73 Å². The van der Waals surface area contributed by atoms with Crippen molar-refractivity contribution in [3.05, 3.63) is 40.3 Å². The summed E-state index contributed by atoms with van der Waals surface area (Å²) < 4.78 is 0.686. The van der Waals surface area contributed by atoms with Gasteiger partial charge in [-0.1, -0.05) is 0 Å².